The standard InChI is InChI=1S/C12H15ClN2O/c1-3-6-14-11-9-8(13)5-4-7(2)10(9)15-12(11)16/h4-5,11,14H,3,6H2,1-2H3,(H,15,16). The Kier molecular flexibility index (Phi) is 3.17. The monoisotopic (exact) mass is 238 g/mol. The normalized spacial score (nSPS) is 18.4. The van der Waals surface area contributed by atoms with Crippen molar-refractivity contribution >= 4 is 23.2 Å². The summed E-state index contributed by atoms with van der Waals surface area (Å²) in [5.41, 5.74) is 2.81. The zero-order valence-corrected chi connectivity index (χ0v) is 10.2. The average Bonchev–Trinajstić information content (AvgIpc) is 2.59. The lowest BCUT2D eigenvalue weighted by molar-refractivity contribution is -0.117. The van der Waals surface area contributed by atoms with Crippen molar-refractivity contribution in [1.82, 2.24) is 5.32 Å². The predicted octanol–water partition coefficient (Wildman–Crippen LogP) is 2.64. The molecule has 1 aliphatic heterocycles. The smallest absolute Gasteiger partial charge is 0.246 e. The van der Waals surface area contributed by atoms with E-state index in [9.17, 15) is 4.79 Å². The van der Waals surface area contributed by atoms with E-state index >= 15 is 0 Å². The minimum atomic E-state index is -0.303. The molecule has 4 heteroatoms. The highest BCUT2D eigenvalue weighted by molar-refractivity contribution is 6.32. The van der Waals surface area contributed by atoms with Crippen LogP contribution in [0, 0.1) is 6.92 Å². The number of aryl methyl sites for hydroxylation is 1. The lowest BCUT2D eigenvalue weighted by Gasteiger charge is -2.12. The van der Waals surface area contributed by atoms with Gasteiger partial charge in [0.2, 0.25) is 5.91 Å². The summed E-state index contributed by atoms with van der Waals surface area (Å²) in [6, 6.07) is 3.46. The molecule has 1 atom stereocenters. The van der Waals surface area contributed by atoms with Crippen LogP contribution in [0.25, 0.3) is 0 Å². The Morgan fingerprint density at radius 2 is 2.25 bits per heavy atom. The maximum absolute atomic E-state index is 11.8. The highest BCUT2D eigenvalue weighted by Gasteiger charge is 2.32. The molecule has 0 radical (unpaired) electrons. The number of rotatable bonds is 3. The number of halogens is 1. The molecule has 2 N–H and O–H groups in total. The fourth-order valence-corrected chi connectivity index (χ4v) is 2.23. The van der Waals surface area contributed by atoms with E-state index in [1.165, 1.54) is 0 Å². The Balaban J connectivity index is 2.39. The van der Waals surface area contributed by atoms with Gasteiger partial charge in [0.05, 0.1) is 5.69 Å². The third-order valence-corrected chi connectivity index (χ3v) is 3.13. The van der Waals surface area contributed by atoms with Gasteiger partial charge in [-0.25, -0.2) is 0 Å². The number of anilines is 1. The van der Waals surface area contributed by atoms with Gasteiger partial charge in [-0.2, -0.15) is 0 Å². The number of nitrogens with one attached hydrogen (secondary N) is 2. The van der Waals surface area contributed by atoms with Gasteiger partial charge in [0.15, 0.2) is 0 Å². The van der Waals surface area contributed by atoms with Crippen LogP contribution in [0.4, 0.5) is 5.69 Å². The number of benzene rings is 1. The molecule has 1 aromatic carbocycles. The number of carbonyl (C=O) groups excluding carboxylic acids is 1. The fourth-order valence-electron chi connectivity index (χ4n) is 1.96. The van der Waals surface area contributed by atoms with E-state index in [-0.39, 0.29) is 11.9 Å². The molecular weight excluding hydrogens is 224 g/mol. The molecule has 0 bridgehead atoms. The minimum Gasteiger partial charge on any atom is -0.324 e. The molecule has 2 rings (SSSR count). The van der Waals surface area contributed by atoms with Crippen LogP contribution >= 0.6 is 11.6 Å². The van der Waals surface area contributed by atoms with Crippen LogP contribution in [-0.4, -0.2) is 12.5 Å². The third kappa shape index (κ3) is 1.81. The maximum atomic E-state index is 11.8. The molecule has 0 spiro atoms. The first kappa shape index (κ1) is 11.4. The van der Waals surface area contributed by atoms with Gasteiger partial charge in [-0.15, -0.1) is 0 Å². The Hall–Kier alpha value is -1.06. The number of hydrogen-bond donors (Lipinski definition) is 2. The topological polar surface area (TPSA) is 41.1 Å². The van der Waals surface area contributed by atoms with E-state index in [0.29, 0.717) is 5.02 Å². The number of carbonyl (C=O) groups is 1. The summed E-state index contributed by atoms with van der Waals surface area (Å²) in [5, 5.41) is 6.73. The van der Waals surface area contributed by atoms with Gasteiger partial charge in [-0.1, -0.05) is 24.6 Å². The Bertz CT molecular complexity index is 431. The molecule has 1 aromatic rings. The summed E-state index contributed by atoms with van der Waals surface area (Å²) in [5.74, 6) is -0.0142. The molecule has 1 unspecified atom stereocenters. The van der Waals surface area contributed by atoms with Crippen LogP contribution in [0.5, 0.6) is 0 Å². The zero-order valence-electron chi connectivity index (χ0n) is 9.43. The summed E-state index contributed by atoms with van der Waals surface area (Å²) in [6.07, 6.45) is 0.989. The van der Waals surface area contributed by atoms with Gasteiger partial charge in [-0.3, -0.25) is 4.79 Å². The summed E-state index contributed by atoms with van der Waals surface area (Å²) in [4.78, 5) is 11.8. The molecule has 16 heavy (non-hydrogen) atoms. The van der Waals surface area contributed by atoms with E-state index in [1.807, 2.05) is 19.1 Å². The first-order chi connectivity index (χ1) is 7.65. The molecule has 0 saturated heterocycles. The second-order valence-corrected chi connectivity index (χ2v) is 4.44. The number of amides is 1. The fraction of sp³-hybridized carbons (Fsp3) is 0.417. The van der Waals surface area contributed by atoms with Gasteiger partial charge < -0.3 is 10.6 Å². The second kappa shape index (κ2) is 4.44. The van der Waals surface area contributed by atoms with Crippen molar-refractivity contribution in [3.63, 3.8) is 0 Å². The zero-order chi connectivity index (χ0) is 11.7. The first-order valence-electron chi connectivity index (χ1n) is 5.48. The molecule has 1 aliphatic rings. The molecule has 0 aliphatic carbocycles. The molecule has 0 fully saturated rings. The maximum Gasteiger partial charge on any atom is 0.246 e. The molecule has 1 amide bonds. The van der Waals surface area contributed by atoms with Crippen LogP contribution in [0.2, 0.25) is 5.02 Å². The average molecular weight is 239 g/mol. The summed E-state index contributed by atoms with van der Waals surface area (Å²) >= 11 is 6.15. The molecule has 0 aromatic heterocycles. The summed E-state index contributed by atoms with van der Waals surface area (Å²) in [6.45, 7) is 4.85. The first-order valence-corrected chi connectivity index (χ1v) is 5.86. The number of hydrogen-bond acceptors (Lipinski definition) is 2. The van der Waals surface area contributed by atoms with Crippen molar-refractivity contribution < 1.29 is 4.79 Å². The van der Waals surface area contributed by atoms with Crippen molar-refractivity contribution in [1.29, 1.82) is 0 Å². The van der Waals surface area contributed by atoms with E-state index in [1.54, 1.807) is 0 Å². The van der Waals surface area contributed by atoms with Crippen LogP contribution in [0.3, 0.4) is 0 Å². The van der Waals surface area contributed by atoms with Crippen molar-refractivity contribution in [3.8, 4) is 0 Å². The molecule has 86 valence electrons. The van der Waals surface area contributed by atoms with Crippen molar-refractivity contribution in [2.75, 3.05) is 11.9 Å². The Labute approximate surface area is 100 Å². The summed E-state index contributed by atoms with van der Waals surface area (Å²) < 4.78 is 0. The summed E-state index contributed by atoms with van der Waals surface area (Å²) in [7, 11) is 0. The lowest BCUT2D eigenvalue weighted by atomic mass is 10.0. The minimum absolute atomic E-state index is 0.0142. The predicted molar refractivity (Wildman–Crippen MR) is 65.9 cm³/mol. The number of fused-ring (bicyclic) bond motifs is 1. The largest absolute Gasteiger partial charge is 0.324 e. The van der Waals surface area contributed by atoms with Gasteiger partial charge in [0.1, 0.15) is 6.04 Å². The van der Waals surface area contributed by atoms with E-state index < -0.39 is 0 Å². The van der Waals surface area contributed by atoms with E-state index in [4.69, 9.17) is 11.6 Å². The van der Waals surface area contributed by atoms with Crippen LogP contribution < -0.4 is 10.6 Å². The molecule has 1 heterocycles. The van der Waals surface area contributed by atoms with Gasteiger partial charge in [-0.05, 0) is 31.5 Å². The highest BCUT2D eigenvalue weighted by Crippen LogP contribution is 2.38. The van der Waals surface area contributed by atoms with Crippen molar-refractivity contribution in [3.05, 3.63) is 28.3 Å². The molecule has 3 nitrogen and oxygen atoms in total. The molecule has 0 saturated carbocycles. The SMILES string of the molecule is CCCNC1C(=O)Nc2c(C)ccc(Cl)c21. The lowest BCUT2D eigenvalue weighted by Crippen LogP contribution is -2.28. The van der Waals surface area contributed by atoms with Crippen LogP contribution in [0.15, 0.2) is 12.1 Å². The Morgan fingerprint density at radius 1 is 1.50 bits per heavy atom. The van der Waals surface area contributed by atoms with E-state index in [2.05, 4.69) is 17.6 Å². The van der Waals surface area contributed by atoms with Crippen molar-refractivity contribution in [2.45, 2.75) is 26.3 Å². The second-order valence-electron chi connectivity index (χ2n) is 4.03. The van der Waals surface area contributed by atoms with Gasteiger partial charge in [0, 0.05) is 10.6 Å². The third-order valence-electron chi connectivity index (χ3n) is 2.80. The van der Waals surface area contributed by atoms with Crippen molar-refractivity contribution in [2.24, 2.45) is 0 Å². The highest BCUT2D eigenvalue weighted by atomic mass is 35.5. The van der Waals surface area contributed by atoms with Crippen LogP contribution in [0.1, 0.15) is 30.5 Å². The van der Waals surface area contributed by atoms with Gasteiger partial charge >= 0.3 is 0 Å². The molecular formula is C12H15ClN2O. The van der Waals surface area contributed by atoms with Crippen LogP contribution in [-0.2, 0) is 4.79 Å². The quantitative estimate of drug-likeness (QED) is 0.850. The Morgan fingerprint density at radius 3 is 2.94 bits per heavy atom. The van der Waals surface area contributed by atoms with Gasteiger partial charge in [0.25, 0.3) is 0 Å². The van der Waals surface area contributed by atoms with E-state index in [0.717, 1.165) is 29.8 Å².